The number of amides is 1. The minimum absolute atomic E-state index is 0.123. The van der Waals surface area contributed by atoms with Gasteiger partial charge in [0.15, 0.2) is 0 Å². The van der Waals surface area contributed by atoms with E-state index >= 15 is 0 Å². The number of nitrogens with zero attached hydrogens (tertiary/aromatic N) is 4. The number of anilines is 1. The largest absolute Gasteiger partial charge is 0.480 e. The van der Waals surface area contributed by atoms with Crippen LogP contribution in [-0.4, -0.2) is 36.5 Å². The third-order valence-electron chi connectivity index (χ3n) is 3.75. The van der Waals surface area contributed by atoms with Crippen LogP contribution in [-0.2, 0) is 11.3 Å². The summed E-state index contributed by atoms with van der Waals surface area (Å²) in [5.74, 6) is -1.92. The summed E-state index contributed by atoms with van der Waals surface area (Å²) < 4.78 is 15.9. The van der Waals surface area contributed by atoms with Crippen LogP contribution in [0.5, 0.6) is 0 Å². The van der Waals surface area contributed by atoms with E-state index in [-0.39, 0.29) is 11.5 Å². The molecule has 0 saturated heterocycles. The maximum absolute atomic E-state index is 13.2. The second-order valence-electron chi connectivity index (χ2n) is 5.69. The molecule has 1 unspecified atom stereocenters. The molecule has 26 heavy (non-hydrogen) atoms. The van der Waals surface area contributed by atoms with Gasteiger partial charge < -0.3 is 10.4 Å². The Hall–Kier alpha value is -3.49. The van der Waals surface area contributed by atoms with Crippen LogP contribution in [0.2, 0.25) is 0 Å². The molecule has 2 aromatic heterocycles. The van der Waals surface area contributed by atoms with Crippen LogP contribution >= 0.6 is 0 Å². The number of carbonyl (C=O) groups excluding carboxylic acids is 1. The van der Waals surface area contributed by atoms with E-state index in [1.54, 1.807) is 23.0 Å². The normalized spacial score (nSPS) is 11.9. The average molecular weight is 357 g/mol. The van der Waals surface area contributed by atoms with Crippen molar-refractivity contribution in [1.29, 1.82) is 0 Å². The first kappa shape index (κ1) is 17.3. The van der Waals surface area contributed by atoms with Crippen molar-refractivity contribution in [2.75, 3.05) is 5.32 Å². The Bertz CT molecular complexity index is 949. The fourth-order valence-corrected chi connectivity index (χ4v) is 2.44. The smallest absolute Gasteiger partial charge is 0.328 e. The van der Waals surface area contributed by atoms with Gasteiger partial charge in [0.2, 0.25) is 0 Å². The number of halogens is 1. The highest BCUT2D eigenvalue weighted by molar-refractivity contribution is 6.03. The standard InChI is InChI=1S/C17H16FN5O3/c1-11(17(25)26)23-15(5-6-19-23)16(24)21-14-8-20-22(10-14)9-12-3-2-4-13(18)7-12/h2-8,10-11H,9H2,1H3,(H,21,24)(H,25,26). The van der Waals surface area contributed by atoms with Crippen molar-refractivity contribution in [3.05, 3.63) is 66.0 Å². The second-order valence-corrected chi connectivity index (χ2v) is 5.69. The summed E-state index contributed by atoms with van der Waals surface area (Å²) in [5, 5.41) is 19.7. The Labute approximate surface area is 147 Å². The highest BCUT2D eigenvalue weighted by atomic mass is 19.1. The molecule has 0 saturated carbocycles. The molecule has 3 rings (SSSR count). The highest BCUT2D eigenvalue weighted by Crippen LogP contribution is 2.13. The molecule has 2 heterocycles. The summed E-state index contributed by atoms with van der Waals surface area (Å²) in [5.41, 5.74) is 1.29. The van der Waals surface area contributed by atoms with Gasteiger partial charge in [-0.05, 0) is 30.7 Å². The predicted molar refractivity (Wildman–Crippen MR) is 90.3 cm³/mol. The quantitative estimate of drug-likeness (QED) is 0.704. The minimum atomic E-state index is -1.09. The monoisotopic (exact) mass is 357 g/mol. The van der Waals surface area contributed by atoms with E-state index in [1.165, 1.54) is 37.5 Å². The summed E-state index contributed by atoms with van der Waals surface area (Å²) in [6.07, 6.45) is 4.42. The molecular weight excluding hydrogens is 341 g/mol. The molecule has 3 aromatic rings. The number of hydrogen-bond acceptors (Lipinski definition) is 4. The number of nitrogens with one attached hydrogen (secondary N) is 1. The number of aromatic nitrogens is 4. The molecule has 8 nitrogen and oxygen atoms in total. The van der Waals surface area contributed by atoms with Gasteiger partial charge in [0.25, 0.3) is 5.91 Å². The maximum Gasteiger partial charge on any atom is 0.328 e. The van der Waals surface area contributed by atoms with E-state index in [4.69, 9.17) is 5.11 Å². The van der Waals surface area contributed by atoms with Crippen LogP contribution < -0.4 is 5.32 Å². The van der Waals surface area contributed by atoms with E-state index < -0.39 is 17.9 Å². The van der Waals surface area contributed by atoms with Crippen LogP contribution in [0.15, 0.2) is 48.9 Å². The lowest BCUT2D eigenvalue weighted by Crippen LogP contribution is -2.24. The first-order valence-electron chi connectivity index (χ1n) is 7.78. The molecule has 0 spiro atoms. The van der Waals surface area contributed by atoms with E-state index in [2.05, 4.69) is 15.5 Å². The van der Waals surface area contributed by atoms with Crippen LogP contribution in [0, 0.1) is 5.82 Å². The van der Waals surface area contributed by atoms with Crippen molar-refractivity contribution in [2.45, 2.75) is 19.5 Å². The predicted octanol–water partition coefficient (Wildman–Crippen LogP) is 2.16. The number of benzene rings is 1. The van der Waals surface area contributed by atoms with Gasteiger partial charge in [0.05, 0.1) is 18.4 Å². The van der Waals surface area contributed by atoms with Crippen LogP contribution in [0.25, 0.3) is 0 Å². The zero-order valence-corrected chi connectivity index (χ0v) is 13.8. The van der Waals surface area contributed by atoms with Gasteiger partial charge in [0, 0.05) is 12.4 Å². The second kappa shape index (κ2) is 7.18. The van der Waals surface area contributed by atoms with Gasteiger partial charge in [-0.3, -0.25) is 9.48 Å². The lowest BCUT2D eigenvalue weighted by Gasteiger charge is -2.10. The number of rotatable bonds is 6. The van der Waals surface area contributed by atoms with Gasteiger partial charge in [-0.1, -0.05) is 12.1 Å². The van der Waals surface area contributed by atoms with Gasteiger partial charge in [-0.15, -0.1) is 0 Å². The third kappa shape index (κ3) is 3.77. The molecule has 2 N–H and O–H groups in total. The number of hydrogen-bond donors (Lipinski definition) is 2. The number of carbonyl (C=O) groups is 2. The first-order valence-corrected chi connectivity index (χ1v) is 7.78. The molecular formula is C17H16FN5O3. The fourth-order valence-electron chi connectivity index (χ4n) is 2.44. The Morgan fingerprint density at radius 3 is 2.85 bits per heavy atom. The van der Waals surface area contributed by atoms with Crippen LogP contribution in [0.4, 0.5) is 10.1 Å². The molecule has 134 valence electrons. The lowest BCUT2D eigenvalue weighted by molar-refractivity contribution is -0.140. The topological polar surface area (TPSA) is 102 Å². The molecule has 0 radical (unpaired) electrons. The molecule has 1 atom stereocenters. The SMILES string of the molecule is CC(C(=O)O)n1nccc1C(=O)Nc1cnn(Cc2cccc(F)c2)c1. The molecule has 9 heteroatoms. The Morgan fingerprint density at radius 1 is 1.31 bits per heavy atom. The number of aliphatic carboxylic acids is 1. The zero-order chi connectivity index (χ0) is 18.7. The van der Waals surface area contributed by atoms with Crippen LogP contribution in [0.3, 0.4) is 0 Å². The van der Waals surface area contributed by atoms with Crippen molar-refractivity contribution in [1.82, 2.24) is 19.6 Å². The zero-order valence-electron chi connectivity index (χ0n) is 13.8. The summed E-state index contributed by atoms with van der Waals surface area (Å²) in [7, 11) is 0. The van der Waals surface area contributed by atoms with Crippen molar-refractivity contribution in [3.8, 4) is 0 Å². The fraction of sp³-hybridized carbons (Fsp3) is 0.176. The number of carboxylic acids is 1. The highest BCUT2D eigenvalue weighted by Gasteiger charge is 2.21. The molecule has 1 amide bonds. The maximum atomic E-state index is 13.2. The average Bonchev–Trinajstić information content (AvgIpc) is 3.23. The molecule has 0 bridgehead atoms. The Balaban J connectivity index is 1.71. The first-order chi connectivity index (χ1) is 12.4. The van der Waals surface area contributed by atoms with Gasteiger partial charge in [0.1, 0.15) is 17.6 Å². The summed E-state index contributed by atoms with van der Waals surface area (Å²) >= 11 is 0. The molecule has 0 fully saturated rings. The Morgan fingerprint density at radius 2 is 2.12 bits per heavy atom. The van der Waals surface area contributed by atoms with E-state index in [1.807, 2.05) is 0 Å². The minimum Gasteiger partial charge on any atom is -0.480 e. The lowest BCUT2D eigenvalue weighted by atomic mass is 10.2. The van der Waals surface area contributed by atoms with Crippen molar-refractivity contribution < 1.29 is 19.1 Å². The van der Waals surface area contributed by atoms with Gasteiger partial charge in [-0.2, -0.15) is 10.2 Å². The Kier molecular flexibility index (Phi) is 4.78. The summed E-state index contributed by atoms with van der Waals surface area (Å²) in [6, 6.07) is 6.62. The van der Waals surface area contributed by atoms with E-state index in [0.29, 0.717) is 12.2 Å². The van der Waals surface area contributed by atoms with Crippen molar-refractivity contribution >= 4 is 17.6 Å². The summed E-state index contributed by atoms with van der Waals surface area (Å²) in [6.45, 7) is 1.78. The van der Waals surface area contributed by atoms with Gasteiger partial charge >= 0.3 is 5.97 Å². The molecule has 0 aliphatic rings. The summed E-state index contributed by atoms with van der Waals surface area (Å²) in [4.78, 5) is 23.5. The molecule has 0 aliphatic heterocycles. The van der Waals surface area contributed by atoms with E-state index in [0.717, 1.165) is 10.2 Å². The van der Waals surface area contributed by atoms with Crippen molar-refractivity contribution in [3.63, 3.8) is 0 Å². The molecule has 1 aromatic carbocycles. The number of carboxylic acid groups (broad SMARTS) is 1. The van der Waals surface area contributed by atoms with Crippen molar-refractivity contribution in [2.24, 2.45) is 0 Å². The van der Waals surface area contributed by atoms with Crippen LogP contribution in [0.1, 0.15) is 29.0 Å². The molecule has 0 aliphatic carbocycles. The van der Waals surface area contributed by atoms with Gasteiger partial charge in [-0.25, -0.2) is 13.9 Å². The third-order valence-corrected chi connectivity index (χ3v) is 3.75. The van der Waals surface area contributed by atoms with E-state index in [9.17, 15) is 14.0 Å².